The number of aliphatic hydroxyl groups is 1. The van der Waals surface area contributed by atoms with Gasteiger partial charge in [0.05, 0.1) is 30.1 Å². The van der Waals surface area contributed by atoms with Crippen molar-refractivity contribution in [1.29, 1.82) is 0 Å². The standard InChI is InChI=1S/C33H37ClN6O4/c1-21-26(4-3-5-28(21)39-32(42)29-7-6-22(19-38-29)18-35-12-13-41)30-17-23(8-11-36-30)31-27(34)16-24(33(40-31)43-2)20-37-25-9-14-44-15-10-25/h3-8,11,16-17,19,25,35,37,41H,9-10,12-15,18,20H2,1-2H3,(H,39,42). The van der Waals surface area contributed by atoms with Crippen molar-refractivity contribution < 1.29 is 19.4 Å². The van der Waals surface area contributed by atoms with Gasteiger partial charge in [0.15, 0.2) is 0 Å². The molecule has 0 bridgehead atoms. The highest BCUT2D eigenvalue weighted by Gasteiger charge is 2.18. The van der Waals surface area contributed by atoms with E-state index in [9.17, 15) is 4.79 Å². The maximum Gasteiger partial charge on any atom is 0.274 e. The molecule has 5 rings (SSSR count). The Hall–Kier alpha value is -3.93. The number of benzene rings is 1. The van der Waals surface area contributed by atoms with Gasteiger partial charge in [-0.1, -0.05) is 29.8 Å². The lowest BCUT2D eigenvalue weighted by Crippen LogP contribution is -2.34. The average Bonchev–Trinajstić information content (AvgIpc) is 3.05. The summed E-state index contributed by atoms with van der Waals surface area (Å²) in [5.41, 5.74) is 6.63. The van der Waals surface area contributed by atoms with Crippen molar-refractivity contribution in [1.82, 2.24) is 25.6 Å². The zero-order valence-corrected chi connectivity index (χ0v) is 25.7. The fourth-order valence-corrected chi connectivity index (χ4v) is 5.39. The second kappa shape index (κ2) is 15.2. The number of nitrogens with zero attached hydrogens (tertiary/aromatic N) is 3. The molecule has 44 heavy (non-hydrogen) atoms. The maximum absolute atomic E-state index is 13.0. The smallest absolute Gasteiger partial charge is 0.274 e. The number of aromatic nitrogens is 3. The van der Waals surface area contributed by atoms with Gasteiger partial charge < -0.3 is 30.5 Å². The third-order valence-corrected chi connectivity index (χ3v) is 7.87. The maximum atomic E-state index is 13.0. The summed E-state index contributed by atoms with van der Waals surface area (Å²) < 4.78 is 11.1. The number of pyridine rings is 3. The van der Waals surface area contributed by atoms with Crippen LogP contribution in [0.15, 0.2) is 60.9 Å². The summed E-state index contributed by atoms with van der Waals surface area (Å²) in [6, 6.07) is 15.3. The first-order valence-electron chi connectivity index (χ1n) is 14.7. The summed E-state index contributed by atoms with van der Waals surface area (Å²) in [4.78, 5) is 26.7. The molecule has 4 N–H and O–H groups in total. The fourth-order valence-electron chi connectivity index (χ4n) is 5.11. The Balaban J connectivity index is 1.33. The van der Waals surface area contributed by atoms with Gasteiger partial charge in [0, 0.05) is 73.7 Å². The van der Waals surface area contributed by atoms with Crippen molar-refractivity contribution in [3.8, 4) is 28.4 Å². The van der Waals surface area contributed by atoms with Crippen LogP contribution in [0.5, 0.6) is 5.88 Å². The summed E-state index contributed by atoms with van der Waals surface area (Å²) in [5.74, 6) is 0.211. The molecule has 0 saturated carbocycles. The van der Waals surface area contributed by atoms with Gasteiger partial charge in [-0.15, -0.1) is 0 Å². The summed E-state index contributed by atoms with van der Waals surface area (Å²) in [6.07, 6.45) is 5.32. The number of carbonyl (C=O) groups is 1. The quantitative estimate of drug-likeness (QED) is 0.166. The van der Waals surface area contributed by atoms with Crippen LogP contribution in [0.25, 0.3) is 22.5 Å². The summed E-state index contributed by atoms with van der Waals surface area (Å²) in [5, 5.41) is 19.1. The van der Waals surface area contributed by atoms with E-state index in [1.54, 1.807) is 25.6 Å². The van der Waals surface area contributed by atoms with Crippen LogP contribution in [0.4, 0.5) is 5.69 Å². The second-order valence-corrected chi connectivity index (χ2v) is 11.0. The molecule has 1 aliphatic rings. The van der Waals surface area contributed by atoms with E-state index in [4.69, 9.17) is 31.2 Å². The number of hydrogen-bond donors (Lipinski definition) is 4. The third-order valence-electron chi connectivity index (χ3n) is 7.58. The largest absolute Gasteiger partial charge is 0.481 e. The minimum absolute atomic E-state index is 0.0634. The average molecular weight is 617 g/mol. The number of carbonyl (C=O) groups excluding carboxylic acids is 1. The molecule has 1 saturated heterocycles. The van der Waals surface area contributed by atoms with E-state index in [2.05, 4.69) is 25.9 Å². The molecule has 1 amide bonds. The summed E-state index contributed by atoms with van der Waals surface area (Å²) >= 11 is 6.77. The first kappa shape index (κ1) is 31.5. The Kier molecular flexibility index (Phi) is 10.9. The molecule has 10 nitrogen and oxygen atoms in total. The molecule has 1 aromatic carbocycles. The van der Waals surface area contributed by atoms with Gasteiger partial charge in [0.25, 0.3) is 5.91 Å². The van der Waals surface area contributed by atoms with Crippen molar-refractivity contribution in [3.05, 3.63) is 88.3 Å². The van der Waals surface area contributed by atoms with Crippen LogP contribution in [0.3, 0.4) is 0 Å². The number of hydrogen-bond acceptors (Lipinski definition) is 9. The summed E-state index contributed by atoms with van der Waals surface area (Å²) in [6.45, 7) is 5.19. The van der Waals surface area contributed by atoms with E-state index in [-0.39, 0.29) is 12.5 Å². The number of aliphatic hydroxyl groups excluding tert-OH is 1. The molecular weight excluding hydrogens is 580 g/mol. The van der Waals surface area contributed by atoms with Crippen LogP contribution in [0.1, 0.15) is 40.0 Å². The van der Waals surface area contributed by atoms with Gasteiger partial charge in [-0.3, -0.25) is 14.8 Å². The van der Waals surface area contributed by atoms with E-state index in [0.29, 0.717) is 53.7 Å². The number of halogens is 1. The molecule has 0 aliphatic carbocycles. The van der Waals surface area contributed by atoms with Gasteiger partial charge in [0.2, 0.25) is 5.88 Å². The lowest BCUT2D eigenvalue weighted by molar-refractivity contribution is 0.0775. The molecule has 11 heteroatoms. The van der Waals surface area contributed by atoms with Crippen molar-refractivity contribution in [2.75, 3.05) is 38.8 Å². The monoisotopic (exact) mass is 616 g/mol. The van der Waals surface area contributed by atoms with Gasteiger partial charge in [-0.25, -0.2) is 4.98 Å². The van der Waals surface area contributed by atoms with E-state index >= 15 is 0 Å². The normalized spacial score (nSPS) is 13.5. The predicted molar refractivity (Wildman–Crippen MR) is 171 cm³/mol. The lowest BCUT2D eigenvalue weighted by atomic mass is 10.0. The van der Waals surface area contributed by atoms with Crippen molar-refractivity contribution in [2.24, 2.45) is 0 Å². The SMILES string of the molecule is COc1nc(-c2ccnc(-c3cccc(NC(=O)c4ccc(CNCCO)cn4)c3C)c2)c(Cl)cc1CNC1CCOCC1. The van der Waals surface area contributed by atoms with Crippen LogP contribution in [0.2, 0.25) is 5.02 Å². The number of anilines is 1. The van der Waals surface area contributed by atoms with Crippen LogP contribution in [0, 0.1) is 6.92 Å². The first-order valence-corrected chi connectivity index (χ1v) is 15.0. The minimum atomic E-state index is -0.309. The first-order chi connectivity index (χ1) is 21.5. The molecule has 0 atom stereocenters. The highest BCUT2D eigenvalue weighted by Crippen LogP contribution is 2.34. The van der Waals surface area contributed by atoms with Crippen LogP contribution in [-0.4, -0.2) is 65.5 Å². The predicted octanol–water partition coefficient (Wildman–Crippen LogP) is 4.78. The third kappa shape index (κ3) is 7.77. The Morgan fingerprint density at radius 2 is 1.95 bits per heavy atom. The molecule has 3 aromatic heterocycles. The number of ether oxygens (including phenoxy) is 2. The fraction of sp³-hybridized carbons (Fsp3) is 0.333. The van der Waals surface area contributed by atoms with Crippen molar-refractivity contribution in [2.45, 2.75) is 38.9 Å². The number of rotatable bonds is 12. The zero-order valence-electron chi connectivity index (χ0n) is 24.9. The second-order valence-electron chi connectivity index (χ2n) is 10.6. The number of nitrogens with one attached hydrogen (secondary N) is 3. The van der Waals surface area contributed by atoms with E-state index < -0.39 is 0 Å². The van der Waals surface area contributed by atoms with Crippen molar-refractivity contribution in [3.63, 3.8) is 0 Å². The van der Waals surface area contributed by atoms with E-state index in [1.165, 1.54) is 0 Å². The molecule has 0 spiro atoms. The minimum Gasteiger partial charge on any atom is -0.481 e. The van der Waals surface area contributed by atoms with E-state index in [1.807, 2.05) is 49.4 Å². The summed E-state index contributed by atoms with van der Waals surface area (Å²) in [7, 11) is 1.61. The molecule has 0 unspecified atom stereocenters. The van der Waals surface area contributed by atoms with Gasteiger partial charge in [0.1, 0.15) is 5.69 Å². The molecule has 1 aliphatic heterocycles. The highest BCUT2D eigenvalue weighted by molar-refractivity contribution is 6.33. The highest BCUT2D eigenvalue weighted by atomic mass is 35.5. The molecule has 230 valence electrons. The van der Waals surface area contributed by atoms with E-state index in [0.717, 1.165) is 59.6 Å². The van der Waals surface area contributed by atoms with Crippen LogP contribution >= 0.6 is 11.6 Å². The lowest BCUT2D eigenvalue weighted by Gasteiger charge is -2.23. The molecule has 4 aromatic rings. The molecule has 1 fully saturated rings. The number of amides is 1. The Bertz CT molecular complexity index is 1580. The van der Waals surface area contributed by atoms with Gasteiger partial charge in [-0.05, 0) is 61.2 Å². The van der Waals surface area contributed by atoms with Gasteiger partial charge >= 0.3 is 0 Å². The number of methoxy groups -OCH3 is 1. The van der Waals surface area contributed by atoms with Crippen LogP contribution < -0.4 is 20.7 Å². The molecule has 4 heterocycles. The van der Waals surface area contributed by atoms with Gasteiger partial charge in [-0.2, -0.15) is 0 Å². The Morgan fingerprint density at radius 3 is 2.70 bits per heavy atom. The Labute approximate surface area is 262 Å². The zero-order chi connectivity index (χ0) is 30.9. The molecular formula is C33H37ClN6O4. The topological polar surface area (TPSA) is 131 Å². The Morgan fingerprint density at radius 1 is 1.11 bits per heavy atom. The van der Waals surface area contributed by atoms with Crippen molar-refractivity contribution >= 4 is 23.2 Å². The molecule has 0 radical (unpaired) electrons. The van der Waals surface area contributed by atoms with Crippen LogP contribution in [-0.2, 0) is 17.8 Å².